The zero-order valence-electron chi connectivity index (χ0n) is 7.56. The number of nitrogens with zero attached hydrogens (tertiary/aromatic N) is 1. The van der Waals surface area contributed by atoms with Crippen LogP contribution in [0.1, 0.15) is 39.5 Å². The Labute approximate surface area is 69.0 Å². The number of amidine groups is 1. The number of nitrogens with one attached hydrogen (secondary N) is 1. The number of rotatable bonds is 5. The summed E-state index contributed by atoms with van der Waals surface area (Å²) in [6, 6.07) is 0. The van der Waals surface area contributed by atoms with Gasteiger partial charge in [-0.25, -0.2) is 5.84 Å². The van der Waals surface area contributed by atoms with Crippen molar-refractivity contribution < 1.29 is 0 Å². The first kappa shape index (κ1) is 10.4. The predicted molar refractivity (Wildman–Crippen MR) is 48.4 cm³/mol. The molecule has 0 amide bonds. The highest BCUT2D eigenvalue weighted by Gasteiger charge is 2.00. The third kappa shape index (κ3) is 4.79. The lowest BCUT2D eigenvalue weighted by molar-refractivity contribution is 0.411. The van der Waals surface area contributed by atoms with Gasteiger partial charge in [-0.2, -0.15) is 0 Å². The second kappa shape index (κ2) is 6.16. The molecule has 3 heteroatoms. The molecule has 0 radical (unpaired) electrons. The van der Waals surface area contributed by atoms with Crippen molar-refractivity contribution in [1.29, 1.82) is 5.41 Å². The molecule has 0 aliphatic carbocycles. The van der Waals surface area contributed by atoms with Crippen LogP contribution in [0, 0.1) is 5.41 Å². The molecule has 3 nitrogen and oxygen atoms in total. The first-order valence-corrected chi connectivity index (χ1v) is 4.32. The fourth-order valence-electron chi connectivity index (χ4n) is 0.870. The van der Waals surface area contributed by atoms with Crippen LogP contribution in [-0.4, -0.2) is 17.4 Å². The summed E-state index contributed by atoms with van der Waals surface area (Å²) in [6.07, 6.45) is 4.22. The maximum absolute atomic E-state index is 7.38. The van der Waals surface area contributed by atoms with Crippen molar-refractivity contribution in [2.24, 2.45) is 5.84 Å². The summed E-state index contributed by atoms with van der Waals surface area (Å²) in [7, 11) is 0. The van der Waals surface area contributed by atoms with Gasteiger partial charge in [-0.3, -0.25) is 10.4 Å². The Balaban J connectivity index is 3.36. The molecule has 0 aliphatic rings. The molecule has 0 aromatic rings. The van der Waals surface area contributed by atoms with Crippen LogP contribution in [0.4, 0.5) is 0 Å². The van der Waals surface area contributed by atoms with Gasteiger partial charge in [0.1, 0.15) is 5.84 Å². The molecule has 0 bridgehead atoms. The zero-order chi connectivity index (χ0) is 8.69. The third-order valence-electron chi connectivity index (χ3n) is 1.68. The summed E-state index contributed by atoms with van der Waals surface area (Å²) < 4.78 is 0. The fraction of sp³-hybridized carbons (Fsp3) is 0.875. The van der Waals surface area contributed by atoms with Gasteiger partial charge in [-0.05, 0) is 6.42 Å². The maximum atomic E-state index is 7.38. The van der Waals surface area contributed by atoms with E-state index in [1.165, 1.54) is 17.9 Å². The monoisotopic (exact) mass is 157 g/mol. The Bertz CT molecular complexity index is 112. The summed E-state index contributed by atoms with van der Waals surface area (Å²) >= 11 is 0. The van der Waals surface area contributed by atoms with E-state index in [1.807, 2.05) is 6.92 Å². The molecule has 0 rings (SSSR count). The van der Waals surface area contributed by atoms with E-state index in [1.54, 1.807) is 0 Å². The van der Waals surface area contributed by atoms with E-state index in [0.29, 0.717) is 5.84 Å². The minimum atomic E-state index is 0.529. The van der Waals surface area contributed by atoms with E-state index in [-0.39, 0.29) is 0 Å². The number of unbranched alkanes of at least 4 members (excludes halogenated alkanes) is 2. The topological polar surface area (TPSA) is 53.1 Å². The minimum absolute atomic E-state index is 0.529. The van der Waals surface area contributed by atoms with Gasteiger partial charge in [-0.1, -0.05) is 26.7 Å². The van der Waals surface area contributed by atoms with Crippen LogP contribution in [0.15, 0.2) is 0 Å². The normalized spacial score (nSPS) is 9.73. The summed E-state index contributed by atoms with van der Waals surface area (Å²) in [5, 5.41) is 8.92. The van der Waals surface area contributed by atoms with Crippen molar-refractivity contribution >= 4 is 5.84 Å². The van der Waals surface area contributed by atoms with Crippen LogP contribution in [0.5, 0.6) is 0 Å². The molecule has 0 atom stereocenters. The lowest BCUT2D eigenvalue weighted by Gasteiger charge is -2.17. The van der Waals surface area contributed by atoms with Crippen LogP contribution in [0.25, 0.3) is 0 Å². The molecule has 11 heavy (non-hydrogen) atoms. The standard InChI is InChI=1S/C8H19N3/c1-3-5-6-7-11(10)8(9)4-2/h9H,3-7,10H2,1-2H3. The first-order chi connectivity index (χ1) is 5.22. The average Bonchev–Trinajstić information content (AvgIpc) is 2.03. The van der Waals surface area contributed by atoms with Crippen molar-refractivity contribution in [3.8, 4) is 0 Å². The summed E-state index contributed by atoms with van der Waals surface area (Å²) in [5.74, 6) is 6.11. The van der Waals surface area contributed by atoms with Crippen molar-refractivity contribution in [1.82, 2.24) is 5.01 Å². The largest absolute Gasteiger partial charge is 0.299 e. The van der Waals surface area contributed by atoms with Crippen LogP contribution >= 0.6 is 0 Å². The van der Waals surface area contributed by atoms with Crippen molar-refractivity contribution in [2.75, 3.05) is 6.54 Å². The Hall–Kier alpha value is -0.570. The average molecular weight is 157 g/mol. The smallest absolute Gasteiger partial charge is 0.110 e. The number of hydrazine groups is 1. The van der Waals surface area contributed by atoms with Gasteiger partial charge in [0.2, 0.25) is 0 Å². The highest BCUT2D eigenvalue weighted by Crippen LogP contribution is 1.96. The first-order valence-electron chi connectivity index (χ1n) is 4.32. The Morgan fingerprint density at radius 3 is 2.45 bits per heavy atom. The van der Waals surface area contributed by atoms with Gasteiger partial charge in [0.25, 0.3) is 0 Å². The predicted octanol–water partition coefficient (Wildman–Crippen LogP) is 1.74. The van der Waals surface area contributed by atoms with E-state index >= 15 is 0 Å². The van der Waals surface area contributed by atoms with E-state index in [9.17, 15) is 0 Å². The second-order valence-electron chi connectivity index (χ2n) is 2.70. The fourth-order valence-corrected chi connectivity index (χ4v) is 0.870. The SMILES string of the molecule is CCCCCN(N)C(=N)CC. The van der Waals surface area contributed by atoms with Gasteiger partial charge in [-0.15, -0.1) is 0 Å². The lowest BCUT2D eigenvalue weighted by atomic mass is 10.2. The summed E-state index contributed by atoms with van der Waals surface area (Å²) in [5.41, 5.74) is 0. The van der Waals surface area contributed by atoms with Crippen molar-refractivity contribution in [3.63, 3.8) is 0 Å². The molecule has 0 aromatic carbocycles. The number of nitrogens with two attached hydrogens (primary N) is 1. The van der Waals surface area contributed by atoms with Crippen LogP contribution < -0.4 is 5.84 Å². The van der Waals surface area contributed by atoms with Gasteiger partial charge < -0.3 is 0 Å². The number of hydrogen-bond donors (Lipinski definition) is 2. The van der Waals surface area contributed by atoms with Crippen LogP contribution in [-0.2, 0) is 0 Å². The van der Waals surface area contributed by atoms with Crippen molar-refractivity contribution in [3.05, 3.63) is 0 Å². The van der Waals surface area contributed by atoms with E-state index in [4.69, 9.17) is 11.3 Å². The van der Waals surface area contributed by atoms with Gasteiger partial charge in [0.05, 0.1) is 0 Å². The van der Waals surface area contributed by atoms with Crippen molar-refractivity contribution in [2.45, 2.75) is 39.5 Å². The Kier molecular flexibility index (Phi) is 5.84. The third-order valence-corrected chi connectivity index (χ3v) is 1.68. The van der Waals surface area contributed by atoms with E-state index < -0.39 is 0 Å². The minimum Gasteiger partial charge on any atom is -0.299 e. The van der Waals surface area contributed by atoms with Crippen LogP contribution in [0.3, 0.4) is 0 Å². The molecule has 0 saturated heterocycles. The lowest BCUT2D eigenvalue weighted by Crippen LogP contribution is -2.37. The highest BCUT2D eigenvalue weighted by molar-refractivity contribution is 5.78. The van der Waals surface area contributed by atoms with Gasteiger partial charge in [0.15, 0.2) is 0 Å². The molecule has 66 valence electrons. The summed E-state index contributed by atoms with van der Waals surface area (Å²) in [6.45, 7) is 4.93. The molecular formula is C8H19N3. The highest BCUT2D eigenvalue weighted by atomic mass is 15.4. The molecule has 0 aliphatic heterocycles. The zero-order valence-corrected chi connectivity index (χ0v) is 7.56. The second-order valence-corrected chi connectivity index (χ2v) is 2.70. The molecular weight excluding hydrogens is 138 g/mol. The quantitative estimate of drug-likeness (QED) is 0.210. The molecule has 0 heterocycles. The molecule has 3 N–H and O–H groups in total. The molecule has 0 aromatic heterocycles. The maximum Gasteiger partial charge on any atom is 0.110 e. The molecule has 0 spiro atoms. The molecule has 0 saturated carbocycles. The Morgan fingerprint density at radius 1 is 1.36 bits per heavy atom. The number of hydrogen-bond acceptors (Lipinski definition) is 2. The van der Waals surface area contributed by atoms with Crippen LogP contribution in [0.2, 0.25) is 0 Å². The van der Waals surface area contributed by atoms with Gasteiger partial charge in [0, 0.05) is 13.0 Å². The molecule has 0 unspecified atom stereocenters. The summed E-state index contributed by atoms with van der Waals surface area (Å²) in [4.78, 5) is 0. The molecule has 0 fully saturated rings. The van der Waals surface area contributed by atoms with E-state index in [2.05, 4.69) is 6.92 Å². The van der Waals surface area contributed by atoms with Gasteiger partial charge >= 0.3 is 0 Å². The Morgan fingerprint density at radius 2 is 2.00 bits per heavy atom. The van der Waals surface area contributed by atoms with E-state index in [0.717, 1.165) is 19.4 Å².